The summed E-state index contributed by atoms with van der Waals surface area (Å²) in [5, 5.41) is 0. The van der Waals surface area contributed by atoms with E-state index in [9.17, 15) is 0 Å². The van der Waals surface area contributed by atoms with Crippen molar-refractivity contribution in [2.45, 2.75) is 104 Å². The third-order valence-electron chi connectivity index (χ3n) is 7.43. The minimum absolute atomic E-state index is 0.220. The van der Waals surface area contributed by atoms with Crippen molar-refractivity contribution in [3.63, 3.8) is 0 Å². The summed E-state index contributed by atoms with van der Waals surface area (Å²) < 4.78 is 17.8. The fourth-order valence-corrected chi connectivity index (χ4v) is 5.28. The van der Waals surface area contributed by atoms with E-state index in [1.54, 1.807) is 0 Å². The molecular formula is C28H46O3. The molecule has 0 N–H and O–H groups in total. The molecule has 2 aliphatic rings. The van der Waals surface area contributed by atoms with Crippen LogP contribution >= 0.6 is 0 Å². The average molecular weight is 431 g/mol. The molecule has 1 saturated carbocycles. The Hall–Kier alpha value is -1.06. The monoisotopic (exact) mass is 430 g/mol. The number of unbranched alkanes of at least 4 members (excludes halogenated alkanes) is 4. The van der Waals surface area contributed by atoms with E-state index in [0.717, 1.165) is 49.4 Å². The van der Waals surface area contributed by atoms with E-state index in [4.69, 9.17) is 14.2 Å². The predicted octanol–water partition coefficient (Wildman–Crippen LogP) is 8.08. The summed E-state index contributed by atoms with van der Waals surface area (Å²) in [5.74, 6) is 3.39. The lowest BCUT2D eigenvalue weighted by Crippen LogP contribution is -2.26. The molecule has 3 nitrogen and oxygen atoms in total. The highest BCUT2D eigenvalue weighted by molar-refractivity contribution is 5.28. The molecule has 0 amide bonds. The van der Waals surface area contributed by atoms with E-state index in [0.29, 0.717) is 5.92 Å². The van der Waals surface area contributed by atoms with E-state index in [1.807, 2.05) is 0 Å². The number of benzene rings is 1. The first-order valence-electron chi connectivity index (χ1n) is 13.3. The quantitative estimate of drug-likeness (QED) is 0.296. The fraction of sp³-hybridized carbons (Fsp3) is 0.786. The first kappa shape index (κ1) is 24.6. The Labute approximate surface area is 191 Å². The molecule has 3 rings (SSSR count). The van der Waals surface area contributed by atoms with Gasteiger partial charge in [-0.05, 0) is 43.2 Å². The topological polar surface area (TPSA) is 27.7 Å². The molecule has 0 bridgehead atoms. The second-order valence-electron chi connectivity index (χ2n) is 9.84. The van der Waals surface area contributed by atoms with Crippen LogP contribution in [0.1, 0.15) is 109 Å². The molecule has 3 heteroatoms. The summed E-state index contributed by atoms with van der Waals surface area (Å²) in [4.78, 5) is 0. The molecule has 2 fully saturated rings. The van der Waals surface area contributed by atoms with Crippen LogP contribution in [-0.2, 0) is 9.47 Å². The maximum atomic E-state index is 6.05. The van der Waals surface area contributed by atoms with Gasteiger partial charge in [-0.25, -0.2) is 0 Å². The lowest BCUT2D eigenvalue weighted by molar-refractivity contribution is -0.205. The van der Waals surface area contributed by atoms with Crippen molar-refractivity contribution >= 4 is 0 Å². The third-order valence-corrected chi connectivity index (χ3v) is 7.43. The van der Waals surface area contributed by atoms with Crippen LogP contribution in [0.2, 0.25) is 0 Å². The van der Waals surface area contributed by atoms with Crippen molar-refractivity contribution in [3.8, 4) is 5.75 Å². The lowest BCUT2D eigenvalue weighted by Gasteiger charge is -2.32. The molecule has 1 aromatic rings. The van der Waals surface area contributed by atoms with Crippen molar-refractivity contribution in [1.82, 2.24) is 0 Å². The van der Waals surface area contributed by atoms with Gasteiger partial charge in [-0.3, -0.25) is 0 Å². The maximum Gasteiger partial charge on any atom is 0.183 e. The van der Waals surface area contributed by atoms with Gasteiger partial charge in [0.2, 0.25) is 0 Å². The van der Waals surface area contributed by atoms with E-state index >= 15 is 0 Å². The molecule has 1 saturated heterocycles. The number of hydrogen-bond acceptors (Lipinski definition) is 3. The Morgan fingerprint density at radius 2 is 1.45 bits per heavy atom. The van der Waals surface area contributed by atoms with Crippen LogP contribution in [-0.4, -0.2) is 19.8 Å². The van der Waals surface area contributed by atoms with Crippen molar-refractivity contribution in [1.29, 1.82) is 0 Å². The summed E-state index contributed by atoms with van der Waals surface area (Å²) in [6, 6.07) is 8.30. The van der Waals surface area contributed by atoms with Gasteiger partial charge in [-0.2, -0.15) is 0 Å². The highest BCUT2D eigenvalue weighted by atomic mass is 16.7. The second kappa shape index (κ2) is 14.2. The van der Waals surface area contributed by atoms with Crippen molar-refractivity contribution in [2.75, 3.05) is 19.8 Å². The zero-order chi connectivity index (χ0) is 21.7. The molecule has 0 aromatic heterocycles. The van der Waals surface area contributed by atoms with Gasteiger partial charge in [-0.1, -0.05) is 90.2 Å². The molecule has 2 atom stereocenters. The Morgan fingerprint density at radius 1 is 0.806 bits per heavy atom. The average Bonchev–Trinajstić information content (AvgIpc) is 2.83. The van der Waals surface area contributed by atoms with Gasteiger partial charge in [0.05, 0.1) is 19.8 Å². The summed E-state index contributed by atoms with van der Waals surface area (Å²) in [6.45, 7) is 6.90. The highest BCUT2D eigenvalue weighted by Gasteiger charge is 2.24. The van der Waals surface area contributed by atoms with Crippen LogP contribution < -0.4 is 4.74 Å². The van der Waals surface area contributed by atoms with E-state index in [1.165, 1.54) is 77.0 Å². The number of rotatable bonds is 13. The molecular weight excluding hydrogens is 384 g/mol. The van der Waals surface area contributed by atoms with Gasteiger partial charge >= 0.3 is 0 Å². The highest BCUT2D eigenvalue weighted by Crippen LogP contribution is 2.36. The smallest absolute Gasteiger partial charge is 0.183 e. The summed E-state index contributed by atoms with van der Waals surface area (Å²) in [5.41, 5.74) is 1.09. The normalized spacial score (nSPS) is 26.6. The minimum Gasteiger partial charge on any atom is -0.494 e. The van der Waals surface area contributed by atoms with Gasteiger partial charge in [-0.15, -0.1) is 0 Å². The zero-order valence-corrected chi connectivity index (χ0v) is 20.2. The Kier molecular flexibility index (Phi) is 11.2. The fourth-order valence-electron chi connectivity index (χ4n) is 5.28. The standard InChI is InChI=1S/C28H46O3/c1-3-5-6-7-8-12-24-13-9-10-14-25(24)15-11-20-29-27-18-16-26(17-19-27)28-30-21-23(4-2)22-31-28/h16-19,23-25,28H,3-15,20-22H2,1-2H3. The first-order chi connectivity index (χ1) is 15.3. The van der Waals surface area contributed by atoms with Crippen LogP contribution in [0.3, 0.4) is 0 Å². The van der Waals surface area contributed by atoms with Gasteiger partial charge in [0.1, 0.15) is 5.75 Å². The summed E-state index contributed by atoms with van der Waals surface area (Å²) in [6.07, 6.45) is 17.7. The van der Waals surface area contributed by atoms with Crippen molar-refractivity contribution < 1.29 is 14.2 Å². The zero-order valence-electron chi connectivity index (χ0n) is 20.2. The molecule has 1 aliphatic carbocycles. The largest absolute Gasteiger partial charge is 0.494 e. The second-order valence-corrected chi connectivity index (χ2v) is 9.84. The Morgan fingerprint density at radius 3 is 2.10 bits per heavy atom. The summed E-state index contributed by atoms with van der Waals surface area (Å²) in [7, 11) is 0. The molecule has 0 spiro atoms. The molecule has 0 radical (unpaired) electrons. The molecule has 2 unspecified atom stereocenters. The minimum atomic E-state index is -0.220. The Bertz CT molecular complexity index is 576. The third kappa shape index (κ3) is 8.42. The van der Waals surface area contributed by atoms with Gasteiger partial charge in [0.15, 0.2) is 6.29 Å². The predicted molar refractivity (Wildman–Crippen MR) is 128 cm³/mol. The van der Waals surface area contributed by atoms with E-state index in [-0.39, 0.29) is 6.29 Å². The SMILES string of the molecule is CCCCCCCC1CCCCC1CCCOc1ccc(C2OCC(CC)CO2)cc1. The van der Waals surface area contributed by atoms with Crippen LogP contribution in [0.5, 0.6) is 5.75 Å². The van der Waals surface area contributed by atoms with Crippen molar-refractivity contribution in [3.05, 3.63) is 29.8 Å². The Balaban J connectivity index is 1.33. The van der Waals surface area contributed by atoms with Crippen LogP contribution in [0.4, 0.5) is 0 Å². The number of ether oxygens (including phenoxy) is 3. The number of hydrogen-bond donors (Lipinski definition) is 0. The van der Waals surface area contributed by atoms with Crippen LogP contribution in [0, 0.1) is 17.8 Å². The van der Waals surface area contributed by atoms with E-state index < -0.39 is 0 Å². The van der Waals surface area contributed by atoms with Crippen LogP contribution in [0.15, 0.2) is 24.3 Å². The maximum absolute atomic E-state index is 6.05. The molecule has 31 heavy (non-hydrogen) atoms. The van der Waals surface area contributed by atoms with Gasteiger partial charge in [0.25, 0.3) is 0 Å². The first-order valence-corrected chi connectivity index (χ1v) is 13.3. The molecule has 1 aliphatic heterocycles. The van der Waals surface area contributed by atoms with Gasteiger partial charge in [0, 0.05) is 11.5 Å². The summed E-state index contributed by atoms with van der Waals surface area (Å²) >= 11 is 0. The molecule has 176 valence electrons. The molecule has 1 aromatic carbocycles. The molecule has 1 heterocycles. The van der Waals surface area contributed by atoms with Crippen molar-refractivity contribution in [2.24, 2.45) is 17.8 Å². The lowest BCUT2D eigenvalue weighted by atomic mass is 9.74. The van der Waals surface area contributed by atoms with Crippen LogP contribution in [0.25, 0.3) is 0 Å². The van der Waals surface area contributed by atoms with Gasteiger partial charge < -0.3 is 14.2 Å². The van der Waals surface area contributed by atoms with E-state index in [2.05, 4.69) is 38.1 Å².